The van der Waals surface area contributed by atoms with Crippen molar-refractivity contribution in [1.82, 2.24) is 10.6 Å². The number of amides is 2. The number of hydrogen-bond acceptors (Lipinski definition) is 5. The lowest BCUT2D eigenvalue weighted by Crippen LogP contribution is -2.46. The van der Waals surface area contributed by atoms with Crippen LogP contribution in [0.15, 0.2) is 88.3 Å². The number of carbonyl (C=O) groups excluding carboxylic acids is 3. The monoisotopic (exact) mass is 564 g/mol. The summed E-state index contributed by atoms with van der Waals surface area (Å²) in [4.78, 5) is 53.3. The van der Waals surface area contributed by atoms with Gasteiger partial charge in [-0.05, 0) is 35.9 Å². The molecule has 0 spiro atoms. The maximum atomic E-state index is 12.7. The van der Waals surface area contributed by atoms with Crippen LogP contribution in [0.1, 0.15) is 32.7 Å². The highest BCUT2D eigenvalue weighted by Crippen LogP contribution is 2.15. The van der Waals surface area contributed by atoms with Gasteiger partial charge in [-0.25, -0.2) is 4.99 Å². The molecule has 10 heteroatoms. The van der Waals surface area contributed by atoms with Crippen LogP contribution in [-0.4, -0.2) is 47.1 Å². The van der Waals surface area contributed by atoms with Gasteiger partial charge in [-0.1, -0.05) is 64.5 Å². The maximum Gasteiger partial charge on any atom is 0.305 e. The van der Waals surface area contributed by atoms with Gasteiger partial charge in [0.05, 0.1) is 18.7 Å². The molecular formula is C27H25BrN4O5. The molecule has 0 aliphatic heterocycles. The second kappa shape index (κ2) is 13.1. The Bertz CT molecular complexity index is 1310. The van der Waals surface area contributed by atoms with E-state index in [1.807, 2.05) is 30.3 Å². The zero-order valence-corrected chi connectivity index (χ0v) is 21.3. The summed E-state index contributed by atoms with van der Waals surface area (Å²) < 4.78 is 0.749. The molecule has 37 heavy (non-hydrogen) atoms. The Hall–Kier alpha value is -4.31. The minimum Gasteiger partial charge on any atom is -0.481 e. The number of hydrogen-bond donors (Lipinski definition) is 4. The molecule has 0 heterocycles. The van der Waals surface area contributed by atoms with Crippen molar-refractivity contribution in [2.24, 2.45) is 10.7 Å². The molecular weight excluding hydrogens is 540 g/mol. The van der Waals surface area contributed by atoms with Crippen molar-refractivity contribution in [3.05, 3.63) is 100 Å². The first-order valence-corrected chi connectivity index (χ1v) is 12.1. The van der Waals surface area contributed by atoms with E-state index >= 15 is 0 Å². The van der Waals surface area contributed by atoms with E-state index in [1.165, 1.54) is 18.2 Å². The van der Waals surface area contributed by atoms with Gasteiger partial charge in [0, 0.05) is 22.0 Å². The molecule has 3 aromatic rings. The molecule has 0 aliphatic carbocycles. The lowest BCUT2D eigenvalue weighted by Gasteiger charge is -2.16. The Morgan fingerprint density at radius 3 is 2.30 bits per heavy atom. The fourth-order valence-corrected chi connectivity index (χ4v) is 3.70. The van der Waals surface area contributed by atoms with E-state index in [0.717, 1.165) is 10.0 Å². The summed E-state index contributed by atoms with van der Waals surface area (Å²) in [7, 11) is 0. The van der Waals surface area contributed by atoms with E-state index < -0.39 is 42.6 Å². The van der Waals surface area contributed by atoms with Crippen molar-refractivity contribution in [2.75, 3.05) is 6.54 Å². The van der Waals surface area contributed by atoms with E-state index in [0.29, 0.717) is 17.9 Å². The van der Waals surface area contributed by atoms with Gasteiger partial charge in [-0.15, -0.1) is 0 Å². The summed E-state index contributed by atoms with van der Waals surface area (Å²) in [5.41, 5.74) is 8.04. The van der Waals surface area contributed by atoms with Crippen molar-refractivity contribution >= 4 is 51.0 Å². The fourth-order valence-electron chi connectivity index (χ4n) is 3.43. The topological polar surface area (TPSA) is 151 Å². The van der Waals surface area contributed by atoms with Crippen LogP contribution in [0.4, 0.5) is 5.69 Å². The van der Waals surface area contributed by atoms with Crippen LogP contribution >= 0.6 is 15.9 Å². The standard InChI is InChI=1S/C27H25BrN4O5/c28-20-11-9-18(10-12-20)26(36)22(15-25(34)35)32-24(33)16-30-27(37)19-7-4-8-21(14-19)31-23(29)13-17-5-2-1-3-6-17/h1-12,14,22H,13,15-16H2,(H2,29,31)(H,30,37)(H,32,33)(H,34,35). The Morgan fingerprint density at radius 1 is 0.919 bits per heavy atom. The van der Waals surface area contributed by atoms with Crippen molar-refractivity contribution in [3.63, 3.8) is 0 Å². The number of ketones is 1. The van der Waals surface area contributed by atoms with E-state index in [9.17, 15) is 24.3 Å². The molecule has 0 fully saturated rings. The van der Waals surface area contributed by atoms with Crippen LogP contribution in [0.25, 0.3) is 0 Å². The number of rotatable bonds is 11. The highest BCUT2D eigenvalue weighted by Gasteiger charge is 2.25. The molecule has 190 valence electrons. The highest BCUT2D eigenvalue weighted by atomic mass is 79.9. The first kappa shape index (κ1) is 27.3. The number of carboxylic acid groups (broad SMARTS) is 1. The second-order valence-electron chi connectivity index (χ2n) is 8.09. The third kappa shape index (κ3) is 8.69. The summed E-state index contributed by atoms with van der Waals surface area (Å²) >= 11 is 3.27. The number of nitrogens with two attached hydrogens (primary N) is 1. The maximum absolute atomic E-state index is 12.7. The van der Waals surface area contributed by atoms with Crippen LogP contribution in [0.3, 0.4) is 0 Å². The van der Waals surface area contributed by atoms with Gasteiger partial charge < -0.3 is 21.5 Å². The third-order valence-corrected chi connectivity index (χ3v) is 5.71. The number of nitrogens with zero attached hydrogens (tertiary/aromatic N) is 1. The van der Waals surface area contributed by atoms with Gasteiger partial charge >= 0.3 is 5.97 Å². The average molecular weight is 565 g/mol. The molecule has 9 nitrogen and oxygen atoms in total. The number of carboxylic acids is 1. The number of halogens is 1. The van der Waals surface area contributed by atoms with Crippen LogP contribution < -0.4 is 16.4 Å². The Balaban J connectivity index is 1.59. The van der Waals surface area contributed by atoms with Crippen molar-refractivity contribution in [2.45, 2.75) is 18.9 Å². The molecule has 0 aromatic heterocycles. The molecule has 2 amide bonds. The lowest BCUT2D eigenvalue weighted by molar-refractivity contribution is -0.137. The first-order chi connectivity index (χ1) is 17.7. The zero-order valence-electron chi connectivity index (χ0n) is 19.7. The minimum atomic E-state index is -1.28. The smallest absolute Gasteiger partial charge is 0.305 e. The molecule has 0 bridgehead atoms. The number of carbonyl (C=O) groups is 4. The fraction of sp³-hybridized carbons (Fsp3) is 0.148. The highest BCUT2D eigenvalue weighted by molar-refractivity contribution is 9.10. The van der Waals surface area contributed by atoms with Gasteiger partial charge in [0.15, 0.2) is 5.78 Å². The number of benzene rings is 3. The van der Waals surface area contributed by atoms with E-state index in [2.05, 4.69) is 31.6 Å². The van der Waals surface area contributed by atoms with E-state index in [1.54, 1.807) is 30.3 Å². The molecule has 0 saturated heterocycles. The SMILES string of the molecule is NC(Cc1ccccc1)=Nc1cccc(C(=O)NCC(=O)NC(CC(=O)O)C(=O)c2ccc(Br)cc2)c1. The predicted molar refractivity (Wildman–Crippen MR) is 143 cm³/mol. The number of aliphatic carboxylic acids is 1. The van der Waals surface area contributed by atoms with Crippen LogP contribution in [0, 0.1) is 0 Å². The van der Waals surface area contributed by atoms with Crippen molar-refractivity contribution < 1.29 is 24.3 Å². The largest absolute Gasteiger partial charge is 0.481 e. The summed E-state index contributed by atoms with van der Waals surface area (Å²) in [6, 6.07) is 21.1. The number of Topliss-reactive ketones (excluding diaryl/α,β-unsaturated/α-hetero) is 1. The van der Waals surface area contributed by atoms with Gasteiger partial charge in [0.2, 0.25) is 5.91 Å². The summed E-state index contributed by atoms with van der Waals surface area (Å²) in [6.45, 7) is -0.452. The van der Waals surface area contributed by atoms with E-state index in [-0.39, 0.29) is 11.1 Å². The Kier molecular flexibility index (Phi) is 9.68. The summed E-state index contributed by atoms with van der Waals surface area (Å²) in [6.07, 6.45) is -0.146. The van der Waals surface area contributed by atoms with Crippen LogP contribution in [0.2, 0.25) is 0 Å². The molecule has 5 N–H and O–H groups in total. The molecule has 3 aromatic carbocycles. The average Bonchev–Trinajstić information content (AvgIpc) is 2.87. The van der Waals surface area contributed by atoms with Crippen LogP contribution in [-0.2, 0) is 16.0 Å². The predicted octanol–water partition coefficient (Wildman–Crippen LogP) is 3.25. The van der Waals surface area contributed by atoms with Crippen LogP contribution in [0.5, 0.6) is 0 Å². The molecule has 0 aliphatic rings. The minimum absolute atomic E-state index is 0.252. The normalized spacial score (nSPS) is 11.9. The summed E-state index contributed by atoms with van der Waals surface area (Å²) in [5, 5.41) is 14.0. The van der Waals surface area contributed by atoms with Gasteiger partial charge in [0.1, 0.15) is 11.9 Å². The third-order valence-electron chi connectivity index (χ3n) is 5.18. The second-order valence-corrected chi connectivity index (χ2v) is 9.00. The quantitative estimate of drug-likeness (QED) is 0.159. The Morgan fingerprint density at radius 2 is 1.62 bits per heavy atom. The van der Waals surface area contributed by atoms with Gasteiger partial charge in [-0.3, -0.25) is 19.2 Å². The zero-order chi connectivity index (χ0) is 26.8. The number of amidine groups is 1. The molecule has 0 radical (unpaired) electrons. The molecule has 3 rings (SSSR count). The Labute approximate surface area is 221 Å². The molecule has 1 atom stereocenters. The van der Waals surface area contributed by atoms with Gasteiger partial charge in [-0.2, -0.15) is 0 Å². The molecule has 0 saturated carbocycles. The van der Waals surface area contributed by atoms with E-state index in [4.69, 9.17) is 5.73 Å². The summed E-state index contributed by atoms with van der Waals surface area (Å²) in [5.74, 6) is -2.66. The number of aliphatic imine (C=N–C) groups is 1. The molecule has 1 unspecified atom stereocenters. The van der Waals surface area contributed by atoms with Crippen molar-refractivity contribution in [1.29, 1.82) is 0 Å². The first-order valence-electron chi connectivity index (χ1n) is 11.3. The van der Waals surface area contributed by atoms with Gasteiger partial charge in [0.25, 0.3) is 5.91 Å². The lowest BCUT2D eigenvalue weighted by atomic mass is 10.0. The number of nitrogens with one attached hydrogen (secondary N) is 2. The van der Waals surface area contributed by atoms with Crippen molar-refractivity contribution in [3.8, 4) is 0 Å².